The molecule has 0 aliphatic carbocycles. The normalized spacial score (nSPS) is 10.2. The van der Waals surface area contributed by atoms with Gasteiger partial charge in [-0.25, -0.2) is 0 Å². The lowest BCUT2D eigenvalue weighted by molar-refractivity contribution is -0.129. The molecule has 0 fully saturated rings. The first-order valence-electron chi connectivity index (χ1n) is 7.36. The second-order valence-corrected chi connectivity index (χ2v) is 4.95. The Morgan fingerprint density at radius 2 is 1.95 bits per heavy atom. The first-order chi connectivity index (χ1) is 10.1. The van der Waals surface area contributed by atoms with E-state index in [2.05, 4.69) is 10.6 Å². The Morgan fingerprint density at radius 3 is 2.57 bits per heavy atom. The minimum Gasteiger partial charge on any atom is -0.339 e. The first kappa shape index (κ1) is 17.2. The number of amides is 2. The average Bonchev–Trinajstić information content (AvgIpc) is 2.46. The van der Waals surface area contributed by atoms with E-state index in [9.17, 15) is 9.59 Å². The number of rotatable bonds is 8. The topological polar surface area (TPSA) is 61.4 Å². The van der Waals surface area contributed by atoms with Gasteiger partial charge >= 0.3 is 0 Å². The van der Waals surface area contributed by atoms with Crippen LogP contribution in [0.1, 0.15) is 32.3 Å². The largest absolute Gasteiger partial charge is 0.339 e. The van der Waals surface area contributed by atoms with Crippen LogP contribution in [-0.2, 0) is 16.1 Å². The summed E-state index contributed by atoms with van der Waals surface area (Å²) in [6.07, 6.45) is 1.29. The van der Waals surface area contributed by atoms with Gasteiger partial charge in [-0.3, -0.25) is 9.59 Å². The Labute approximate surface area is 126 Å². The summed E-state index contributed by atoms with van der Waals surface area (Å²) in [7, 11) is 1.87. The van der Waals surface area contributed by atoms with Crippen molar-refractivity contribution >= 4 is 17.5 Å². The Bertz CT molecular complexity index is 474. The standard InChI is InChI=1S/C16H25N3O2/c1-4-19(13(2)20)12-14-8-5-6-9-15(14)18-16(21)10-7-11-17-3/h5-6,8-9,17H,4,7,10-12H2,1-3H3,(H,18,21). The quantitative estimate of drug-likeness (QED) is 0.720. The first-order valence-corrected chi connectivity index (χ1v) is 7.36. The van der Waals surface area contributed by atoms with Gasteiger partial charge < -0.3 is 15.5 Å². The Balaban J connectivity index is 2.70. The molecule has 1 aromatic rings. The maximum atomic E-state index is 11.9. The Morgan fingerprint density at radius 1 is 1.24 bits per heavy atom. The maximum Gasteiger partial charge on any atom is 0.224 e. The number of anilines is 1. The van der Waals surface area contributed by atoms with Gasteiger partial charge in [-0.2, -0.15) is 0 Å². The van der Waals surface area contributed by atoms with E-state index in [-0.39, 0.29) is 11.8 Å². The van der Waals surface area contributed by atoms with Crippen LogP contribution in [0.15, 0.2) is 24.3 Å². The molecule has 0 heterocycles. The van der Waals surface area contributed by atoms with Crippen molar-refractivity contribution in [3.05, 3.63) is 29.8 Å². The summed E-state index contributed by atoms with van der Waals surface area (Å²) >= 11 is 0. The van der Waals surface area contributed by atoms with Crippen LogP contribution in [0.3, 0.4) is 0 Å². The lowest BCUT2D eigenvalue weighted by Gasteiger charge is -2.21. The van der Waals surface area contributed by atoms with E-state index in [0.29, 0.717) is 19.5 Å². The molecule has 0 aliphatic rings. The summed E-state index contributed by atoms with van der Waals surface area (Å²) in [4.78, 5) is 25.2. The van der Waals surface area contributed by atoms with Crippen molar-refractivity contribution in [2.45, 2.75) is 33.2 Å². The number of nitrogens with one attached hydrogen (secondary N) is 2. The van der Waals surface area contributed by atoms with Gasteiger partial charge in [0, 0.05) is 32.1 Å². The van der Waals surface area contributed by atoms with Crippen molar-refractivity contribution in [2.24, 2.45) is 0 Å². The second-order valence-electron chi connectivity index (χ2n) is 4.95. The summed E-state index contributed by atoms with van der Waals surface area (Å²) in [5.74, 6) is 0.0382. The van der Waals surface area contributed by atoms with Gasteiger partial charge in [0.05, 0.1) is 0 Å². The van der Waals surface area contributed by atoms with E-state index in [1.807, 2.05) is 38.2 Å². The monoisotopic (exact) mass is 291 g/mol. The molecule has 116 valence electrons. The van der Waals surface area contributed by atoms with Crippen molar-refractivity contribution in [3.8, 4) is 0 Å². The van der Waals surface area contributed by atoms with Gasteiger partial charge in [-0.1, -0.05) is 18.2 Å². The molecular weight excluding hydrogens is 266 g/mol. The lowest BCUT2D eigenvalue weighted by atomic mass is 10.1. The molecule has 0 unspecified atom stereocenters. The van der Waals surface area contributed by atoms with Crippen LogP contribution >= 0.6 is 0 Å². The van der Waals surface area contributed by atoms with Crippen molar-refractivity contribution in [2.75, 3.05) is 25.5 Å². The minimum atomic E-state index is 0.00331. The summed E-state index contributed by atoms with van der Waals surface area (Å²) in [5, 5.41) is 5.95. The van der Waals surface area contributed by atoms with Crippen LogP contribution < -0.4 is 10.6 Å². The molecule has 21 heavy (non-hydrogen) atoms. The molecule has 1 aromatic carbocycles. The van der Waals surface area contributed by atoms with Crippen molar-refractivity contribution < 1.29 is 9.59 Å². The van der Waals surface area contributed by atoms with Crippen LogP contribution in [-0.4, -0.2) is 36.9 Å². The number of nitrogens with zero attached hydrogens (tertiary/aromatic N) is 1. The van der Waals surface area contributed by atoms with Crippen molar-refractivity contribution in [1.29, 1.82) is 0 Å². The van der Waals surface area contributed by atoms with Crippen LogP contribution in [0.25, 0.3) is 0 Å². The van der Waals surface area contributed by atoms with Crippen LogP contribution in [0.4, 0.5) is 5.69 Å². The molecule has 0 saturated carbocycles. The molecule has 2 N–H and O–H groups in total. The highest BCUT2D eigenvalue weighted by Gasteiger charge is 2.11. The summed E-state index contributed by atoms with van der Waals surface area (Å²) in [5.41, 5.74) is 1.74. The average molecular weight is 291 g/mol. The van der Waals surface area contributed by atoms with Gasteiger partial charge in [-0.05, 0) is 38.6 Å². The van der Waals surface area contributed by atoms with Crippen molar-refractivity contribution in [3.63, 3.8) is 0 Å². The number of carbonyl (C=O) groups is 2. The van der Waals surface area contributed by atoms with Crippen LogP contribution in [0.2, 0.25) is 0 Å². The van der Waals surface area contributed by atoms with Crippen LogP contribution in [0, 0.1) is 0 Å². The van der Waals surface area contributed by atoms with E-state index >= 15 is 0 Å². The molecule has 0 bridgehead atoms. The lowest BCUT2D eigenvalue weighted by Crippen LogP contribution is -2.28. The third kappa shape index (κ3) is 5.95. The fourth-order valence-electron chi connectivity index (χ4n) is 2.07. The maximum absolute atomic E-state index is 11.9. The Hall–Kier alpha value is -1.88. The molecule has 5 heteroatoms. The van der Waals surface area contributed by atoms with E-state index in [0.717, 1.165) is 24.2 Å². The van der Waals surface area contributed by atoms with E-state index in [1.165, 1.54) is 0 Å². The van der Waals surface area contributed by atoms with Gasteiger partial charge in [-0.15, -0.1) is 0 Å². The summed E-state index contributed by atoms with van der Waals surface area (Å²) < 4.78 is 0. The van der Waals surface area contributed by atoms with E-state index in [4.69, 9.17) is 0 Å². The smallest absolute Gasteiger partial charge is 0.224 e. The Kier molecular flexibility index (Phi) is 7.46. The number of hydrogen-bond donors (Lipinski definition) is 2. The van der Waals surface area contributed by atoms with Gasteiger partial charge in [0.15, 0.2) is 0 Å². The van der Waals surface area contributed by atoms with Gasteiger partial charge in [0.2, 0.25) is 11.8 Å². The highest BCUT2D eigenvalue weighted by atomic mass is 16.2. The zero-order valence-electron chi connectivity index (χ0n) is 13.1. The molecule has 1 rings (SSSR count). The molecule has 0 atom stereocenters. The molecule has 2 amide bonds. The molecule has 5 nitrogen and oxygen atoms in total. The molecule has 0 saturated heterocycles. The SMILES string of the molecule is CCN(Cc1ccccc1NC(=O)CCCNC)C(C)=O. The van der Waals surface area contributed by atoms with Crippen molar-refractivity contribution in [1.82, 2.24) is 10.2 Å². The van der Waals surface area contributed by atoms with Crippen LogP contribution in [0.5, 0.6) is 0 Å². The van der Waals surface area contributed by atoms with Gasteiger partial charge in [0.25, 0.3) is 0 Å². The van der Waals surface area contributed by atoms with E-state index < -0.39 is 0 Å². The number of para-hydroxylation sites is 1. The molecule has 0 spiro atoms. The third-order valence-electron chi connectivity index (χ3n) is 3.31. The number of carbonyl (C=O) groups excluding carboxylic acids is 2. The fraction of sp³-hybridized carbons (Fsp3) is 0.500. The van der Waals surface area contributed by atoms with Gasteiger partial charge in [0.1, 0.15) is 0 Å². The highest BCUT2D eigenvalue weighted by molar-refractivity contribution is 5.91. The molecule has 0 aromatic heterocycles. The summed E-state index contributed by atoms with van der Waals surface area (Å²) in [6, 6.07) is 7.62. The van der Waals surface area contributed by atoms with E-state index in [1.54, 1.807) is 11.8 Å². The zero-order valence-corrected chi connectivity index (χ0v) is 13.1. The third-order valence-corrected chi connectivity index (χ3v) is 3.31. The second kappa shape index (κ2) is 9.13. The number of benzene rings is 1. The summed E-state index contributed by atoms with van der Waals surface area (Å²) in [6.45, 7) is 5.49. The zero-order chi connectivity index (χ0) is 15.7. The number of hydrogen-bond acceptors (Lipinski definition) is 3. The minimum absolute atomic E-state index is 0.00331. The molecular formula is C16H25N3O2. The molecule has 0 aliphatic heterocycles. The fourth-order valence-corrected chi connectivity index (χ4v) is 2.07. The predicted octanol–water partition coefficient (Wildman–Crippen LogP) is 1.99. The highest BCUT2D eigenvalue weighted by Crippen LogP contribution is 2.17. The predicted molar refractivity (Wildman–Crippen MR) is 85.0 cm³/mol. The molecule has 0 radical (unpaired) electrons.